The van der Waals surface area contributed by atoms with Crippen LogP contribution >= 0.6 is 0 Å². The second-order valence-corrected chi connectivity index (χ2v) is 5.89. The summed E-state index contributed by atoms with van der Waals surface area (Å²) in [6.45, 7) is 2.28. The molecule has 0 saturated carbocycles. The number of hydrogen-bond acceptors (Lipinski definition) is 3. The number of hydrogen-bond donors (Lipinski definition) is 3. The van der Waals surface area contributed by atoms with E-state index in [0.29, 0.717) is 19.3 Å². The van der Waals surface area contributed by atoms with Gasteiger partial charge < -0.3 is 15.5 Å². The van der Waals surface area contributed by atoms with Crippen LogP contribution in [-0.2, 0) is 4.79 Å². The van der Waals surface area contributed by atoms with Gasteiger partial charge in [-0.3, -0.25) is 4.79 Å². The van der Waals surface area contributed by atoms with Gasteiger partial charge in [-0.2, -0.15) is 0 Å². The highest BCUT2D eigenvalue weighted by molar-refractivity contribution is 5.76. The van der Waals surface area contributed by atoms with E-state index in [2.05, 4.69) is 12.2 Å². The van der Waals surface area contributed by atoms with Crippen molar-refractivity contribution in [1.82, 2.24) is 5.32 Å². The summed E-state index contributed by atoms with van der Waals surface area (Å²) in [4.78, 5) is 11.7. The Balaban J connectivity index is 3.40. The second kappa shape index (κ2) is 15.8. The first-order valence-electron chi connectivity index (χ1n) is 8.75. The smallest absolute Gasteiger partial charge is 0.220 e. The summed E-state index contributed by atoms with van der Waals surface area (Å²) in [5.74, 6) is 0.0231. The molecule has 0 radical (unpaired) electrons. The van der Waals surface area contributed by atoms with Gasteiger partial charge in [0, 0.05) is 13.0 Å². The van der Waals surface area contributed by atoms with Crippen molar-refractivity contribution >= 4 is 5.91 Å². The number of carbonyl (C=O) groups excluding carboxylic acids is 1. The number of unbranched alkanes of at least 4 members (excludes halogenated alkanes) is 8. The van der Waals surface area contributed by atoms with Crippen LogP contribution in [0.25, 0.3) is 0 Å². The van der Waals surface area contributed by atoms with Crippen LogP contribution < -0.4 is 5.32 Å². The van der Waals surface area contributed by atoms with E-state index < -0.39 is 0 Å². The molecule has 21 heavy (non-hydrogen) atoms. The minimum absolute atomic E-state index is 0.0231. The largest absolute Gasteiger partial charge is 0.396 e. The third-order valence-electron chi connectivity index (χ3n) is 3.80. The molecule has 4 nitrogen and oxygen atoms in total. The van der Waals surface area contributed by atoms with Crippen molar-refractivity contribution in [2.75, 3.05) is 13.2 Å². The third-order valence-corrected chi connectivity index (χ3v) is 3.80. The van der Waals surface area contributed by atoms with E-state index in [-0.39, 0.29) is 25.2 Å². The number of nitrogens with one attached hydrogen (secondary N) is 1. The lowest BCUT2D eigenvalue weighted by Gasteiger charge is -2.15. The zero-order valence-corrected chi connectivity index (χ0v) is 13.8. The molecule has 0 bridgehead atoms. The molecule has 0 heterocycles. The molecule has 0 aliphatic carbocycles. The second-order valence-electron chi connectivity index (χ2n) is 5.89. The van der Waals surface area contributed by atoms with Gasteiger partial charge in [-0.1, -0.05) is 58.3 Å². The zero-order chi connectivity index (χ0) is 15.8. The van der Waals surface area contributed by atoms with E-state index in [4.69, 9.17) is 10.2 Å². The van der Waals surface area contributed by atoms with Crippen molar-refractivity contribution in [2.24, 2.45) is 0 Å². The molecule has 4 heteroatoms. The fraction of sp³-hybridized carbons (Fsp3) is 0.941. The highest BCUT2D eigenvalue weighted by atomic mass is 16.3. The predicted octanol–water partition coefficient (Wildman–Crippen LogP) is 3.16. The van der Waals surface area contributed by atoms with E-state index in [1.165, 1.54) is 44.9 Å². The molecule has 0 aromatic carbocycles. The Labute approximate surface area is 130 Å². The summed E-state index contributed by atoms with van der Waals surface area (Å²) in [7, 11) is 0. The Morgan fingerprint density at radius 1 is 0.905 bits per heavy atom. The summed E-state index contributed by atoms with van der Waals surface area (Å²) in [6.07, 6.45) is 13.0. The van der Waals surface area contributed by atoms with E-state index in [9.17, 15) is 4.79 Å². The first-order valence-corrected chi connectivity index (χ1v) is 8.75. The van der Waals surface area contributed by atoms with Crippen molar-refractivity contribution in [3.05, 3.63) is 0 Å². The van der Waals surface area contributed by atoms with Gasteiger partial charge in [0.05, 0.1) is 12.6 Å². The standard InChI is InChI=1S/C17H35NO3/c1-2-3-4-5-6-7-8-9-10-13-17(21)18-16(15-20)12-11-14-19/h16,19-20H,2-15H2,1H3,(H,18,21). The minimum Gasteiger partial charge on any atom is -0.396 e. The Morgan fingerprint density at radius 2 is 1.48 bits per heavy atom. The minimum atomic E-state index is -0.205. The molecule has 0 aliphatic heterocycles. The maximum absolute atomic E-state index is 11.7. The van der Waals surface area contributed by atoms with Gasteiger partial charge >= 0.3 is 0 Å². The van der Waals surface area contributed by atoms with Gasteiger partial charge in [0.25, 0.3) is 0 Å². The number of amides is 1. The number of carbonyl (C=O) groups is 1. The normalized spacial score (nSPS) is 12.3. The first kappa shape index (κ1) is 20.4. The molecule has 0 aliphatic rings. The number of rotatable bonds is 15. The van der Waals surface area contributed by atoms with Crippen LogP contribution in [0.5, 0.6) is 0 Å². The molecule has 0 saturated heterocycles. The van der Waals surface area contributed by atoms with Gasteiger partial charge in [-0.25, -0.2) is 0 Å². The Bertz CT molecular complexity index is 234. The van der Waals surface area contributed by atoms with Crippen molar-refractivity contribution < 1.29 is 15.0 Å². The lowest BCUT2D eigenvalue weighted by Crippen LogP contribution is -2.37. The van der Waals surface area contributed by atoms with Crippen LogP contribution in [0.15, 0.2) is 0 Å². The van der Waals surface area contributed by atoms with Gasteiger partial charge in [0.15, 0.2) is 0 Å². The monoisotopic (exact) mass is 301 g/mol. The van der Waals surface area contributed by atoms with Gasteiger partial charge in [0.2, 0.25) is 5.91 Å². The molecule has 3 N–H and O–H groups in total. The molecule has 0 fully saturated rings. The Morgan fingerprint density at radius 3 is 2.00 bits per heavy atom. The number of aliphatic hydroxyl groups is 2. The lowest BCUT2D eigenvalue weighted by molar-refractivity contribution is -0.122. The average Bonchev–Trinajstić information content (AvgIpc) is 2.49. The molecule has 0 spiro atoms. The van der Waals surface area contributed by atoms with Crippen LogP contribution in [-0.4, -0.2) is 35.4 Å². The molecular weight excluding hydrogens is 266 g/mol. The van der Waals surface area contributed by atoms with E-state index in [0.717, 1.165) is 12.8 Å². The average molecular weight is 301 g/mol. The molecule has 1 atom stereocenters. The topological polar surface area (TPSA) is 69.6 Å². The van der Waals surface area contributed by atoms with Crippen molar-refractivity contribution in [1.29, 1.82) is 0 Å². The van der Waals surface area contributed by atoms with Crippen LogP contribution in [0.2, 0.25) is 0 Å². The van der Waals surface area contributed by atoms with Crippen molar-refractivity contribution in [3.63, 3.8) is 0 Å². The van der Waals surface area contributed by atoms with Gasteiger partial charge in [-0.15, -0.1) is 0 Å². The quantitative estimate of drug-likeness (QED) is 0.407. The maximum Gasteiger partial charge on any atom is 0.220 e. The highest BCUT2D eigenvalue weighted by Gasteiger charge is 2.10. The zero-order valence-electron chi connectivity index (χ0n) is 13.8. The highest BCUT2D eigenvalue weighted by Crippen LogP contribution is 2.10. The molecule has 0 rings (SSSR count). The predicted molar refractivity (Wildman–Crippen MR) is 87.2 cm³/mol. The first-order chi connectivity index (χ1) is 10.2. The molecule has 126 valence electrons. The van der Waals surface area contributed by atoms with E-state index >= 15 is 0 Å². The van der Waals surface area contributed by atoms with Crippen LogP contribution in [0.4, 0.5) is 0 Å². The third kappa shape index (κ3) is 14.1. The summed E-state index contributed by atoms with van der Waals surface area (Å²) >= 11 is 0. The van der Waals surface area contributed by atoms with E-state index in [1.54, 1.807) is 0 Å². The molecule has 0 aromatic heterocycles. The Kier molecular flexibility index (Phi) is 15.3. The fourth-order valence-electron chi connectivity index (χ4n) is 2.44. The molecular formula is C17H35NO3. The van der Waals surface area contributed by atoms with Crippen LogP contribution in [0.1, 0.15) is 84.0 Å². The fourth-order valence-corrected chi connectivity index (χ4v) is 2.44. The van der Waals surface area contributed by atoms with Crippen LogP contribution in [0.3, 0.4) is 0 Å². The van der Waals surface area contributed by atoms with E-state index in [1.807, 2.05) is 0 Å². The SMILES string of the molecule is CCCCCCCCCCCC(=O)NC(CO)CCCO. The molecule has 0 aromatic rings. The summed E-state index contributed by atoms with van der Waals surface area (Å²) in [5.41, 5.74) is 0. The molecule has 1 unspecified atom stereocenters. The van der Waals surface area contributed by atoms with Crippen LogP contribution in [0, 0.1) is 0 Å². The van der Waals surface area contributed by atoms with Gasteiger partial charge in [-0.05, 0) is 19.3 Å². The molecule has 1 amide bonds. The summed E-state index contributed by atoms with van der Waals surface area (Å²) in [5, 5.41) is 20.7. The van der Waals surface area contributed by atoms with Crippen molar-refractivity contribution in [3.8, 4) is 0 Å². The number of aliphatic hydroxyl groups excluding tert-OH is 2. The van der Waals surface area contributed by atoms with Gasteiger partial charge in [0.1, 0.15) is 0 Å². The lowest BCUT2D eigenvalue weighted by atomic mass is 10.1. The maximum atomic E-state index is 11.7. The Hall–Kier alpha value is -0.610. The summed E-state index contributed by atoms with van der Waals surface area (Å²) in [6, 6.07) is -0.205. The summed E-state index contributed by atoms with van der Waals surface area (Å²) < 4.78 is 0. The van der Waals surface area contributed by atoms with Crippen molar-refractivity contribution in [2.45, 2.75) is 90.0 Å².